The molecule has 25 heavy (non-hydrogen) atoms. The van der Waals surface area contributed by atoms with Crippen LogP contribution in [-0.2, 0) is 4.79 Å². The van der Waals surface area contributed by atoms with E-state index in [4.69, 9.17) is 5.73 Å². The number of hydrogen-bond donors (Lipinski definition) is 3. The van der Waals surface area contributed by atoms with E-state index in [9.17, 15) is 9.59 Å². The van der Waals surface area contributed by atoms with Gasteiger partial charge in [0, 0.05) is 12.1 Å². The molecule has 0 radical (unpaired) electrons. The van der Waals surface area contributed by atoms with Gasteiger partial charge in [-0.05, 0) is 30.2 Å². The summed E-state index contributed by atoms with van der Waals surface area (Å²) in [5.74, 6) is -0.354. The van der Waals surface area contributed by atoms with Gasteiger partial charge in [0.15, 0.2) is 0 Å². The molecule has 2 aromatic carbocycles. The largest absolute Gasteiger partial charge is 0.354 e. The molecular formula is C19H24ClN3O2. The van der Waals surface area contributed by atoms with Gasteiger partial charge in [0.25, 0.3) is 5.91 Å². The molecule has 0 spiro atoms. The van der Waals surface area contributed by atoms with Crippen molar-refractivity contribution in [1.82, 2.24) is 10.6 Å². The SMILES string of the molecule is CC(CN)CNC(=O)C(NC(=O)c1ccccc1)c1ccccc1.Cl. The van der Waals surface area contributed by atoms with Crippen LogP contribution in [0, 0.1) is 5.92 Å². The Morgan fingerprint density at radius 3 is 2.12 bits per heavy atom. The summed E-state index contributed by atoms with van der Waals surface area (Å²) in [5.41, 5.74) is 6.83. The van der Waals surface area contributed by atoms with Crippen molar-refractivity contribution in [2.45, 2.75) is 13.0 Å². The number of hydrogen-bond acceptors (Lipinski definition) is 3. The van der Waals surface area contributed by atoms with Crippen LogP contribution in [0.1, 0.15) is 28.9 Å². The molecule has 0 aliphatic heterocycles. The van der Waals surface area contributed by atoms with Gasteiger partial charge >= 0.3 is 0 Å². The predicted molar refractivity (Wildman–Crippen MR) is 102 cm³/mol. The molecule has 2 aromatic rings. The fourth-order valence-electron chi connectivity index (χ4n) is 2.21. The first-order valence-corrected chi connectivity index (χ1v) is 8.00. The molecule has 0 fully saturated rings. The molecule has 0 aliphatic rings. The van der Waals surface area contributed by atoms with E-state index in [-0.39, 0.29) is 30.1 Å². The molecule has 2 rings (SSSR count). The zero-order valence-corrected chi connectivity index (χ0v) is 15.0. The van der Waals surface area contributed by atoms with Gasteiger partial charge in [-0.1, -0.05) is 55.5 Å². The summed E-state index contributed by atoms with van der Waals surface area (Å²) >= 11 is 0. The van der Waals surface area contributed by atoms with Crippen LogP contribution < -0.4 is 16.4 Å². The van der Waals surface area contributed by atoms with Crippen molar-refractivity contribution in [2.75, 3.05) is 13.1 Å². The van der Waals surface area contributed by atoms with Gasteiger partial charge in [0.2, 0.25) is 5.91 Å². The Kier molecular flexibility index (Phi) is 8.67. The molecule has 2 atom stereocenters. The molecule has 5 nitrogen and oxygen atoms in total. The zero-order chi connectivity index (χ0) is 17.4. The first-order chi connectivity index (χ1) is 11.6. The molecule has 0 aromatic heterocycles. The first kappa shape index (κ1) is 20.7. The minimum atomic E-state index is -0.746. The van der Waals surface area contributed by atoms with Gasteiger partial charge < -0.3 is 16.4 Å². The van der Waals surface area contributed by atoms with Crippen LogP contribution in [0.5, 0.6) is 0 Å². The maximum atomic E-state index is 12.6. The Hall–Kier alpha value is -2.37. The van der Waals surface area contributed by atoms with E-state index >= 15 is 0 Å². The second kappa shape index (κ2) is 10.5. The Bertz CT molecular complexity index is 665. The van der Waals surface area contributed by atoms with Crippen molar-refractivity contribution >= 4 is 24.2 Å². The number of benzene rings is 2. The van der Waals surface area contributed by atoms with E-state index in [0.717, 1.165) is 5.56 Å². The van der Waals surface area contributed by atoms with Crippen LogP contribution in [-0.4, -0.2) is 24.9 Å². The van der Waals surface area contributed by atoms with E-state index < -0.39 is 6.04 Å². The third-order valence-electron chi connectivity index (χ3n) is 3.73. The minimum absolute atomic E-state index is 0. The Labute approximate surface area is 154 Å². The van der Waals surface area contributed by atoms with Crippen molar-refractivity contribution in [3.05, 3.63) is 71.8 Å². The molecule has 134 valence electrons. The van der Waals surface area contributed by atoms with Crippen LogP contribution in [0.3, 0.4) is 0 Å². The van der Waals surface area contributed by atoms with Crippen molar-refractivity contribution in [1.29, 1.82) is 0 Å². The van der Waals surface area contributed by atoms with Gasteiger partial charge in [-0.25, -0.2) is 0 Å². The molecule has 0 bridgehead atoms. The Morgan fingerprint density at radius 2 is 1.56 bits per heavy atom. The number of rotatable bonds is 7. The lowest BCUT2D eigenvalue weighted by atomic mass is 10.0. The van der Waals surface area contributed by atoms with Crippen LogP contribution in [0.25, 0.3) is 0 Å². The number of nitrogens with one attached hydrogen (secondary N) is 2. The molecule has 2 amide bonds. The Balaban J connectivity index is 0.00000312. The lowest BCUT2D eigenvalue weighted by Gasteiger charge is -2.20. The second-order valence-electron chi connectivity index (χ2n) is 5.77. The number of halogens is 1. The fraction of sp³-hybridized carbons (Fsp3) is 0.263. The van der Waals surface area contributed by atoms with Crippen molar-refractivity contribution in [2.24, 2.45) is 11.7 Å². The molecule has 0 saturated carbocycles. The summed E-state index contributed by atoms with van der Waals surface area (Å²) < 4.78 is 0. The van der Waals surface area contributed by atoms with E-state index in [0.29, 0.717) is 18.7 Å². The summed E-state index contributed by atoms with van der Waals surface area (Å²) in [6, 6.07) is 17.3. The van der Waals surface area contributed by atoms with Crippen LogP contribution in [0.15, 0.2) is 60.7 Å². The van der Waals surface area contributed by atoms with Crippen molar-refractivity contribution < 1.29 is 9.59 Å². The monoisotopic (exact) mass is 361 g/mol. The lowest BCUT2D eigenvalue weighted by Crippen LogP contribution is -2.42. The van der Waals surface area contributed by atoms with E-state index in [1.807, 2.05) is 43.3 Å². The first-order valence-electron chi connectivity index (χ1n) is 8.00. The number of carbonyl (C=O) groups is 2. The third kappa shape index (κ3) is 6.21. The van der Waals surface area contributed by atoms with Gasteiger partial charge in [-0.3, -0.25) is 9.59 Å². The average molecular weight is 362 g/mol. The van der Waals surface area contributed by atoms with E-state index in [1.54, 1.807) is 24.3 Å². The van der Waals surface area contributed by atoms with Gasteiger partial charge in [0.1, 0.15) is 6.04 Å². The van der Waals surface area contributed by atoms with Gasteiger partial charge in [-0.15, -0.1) is 12.4 Å². The smallest absolute Gasteiger partial charge is 0.252 e. The van der Waals surface area contributed by atoms with E-state index in [2.05, 4.69) is 10.6 Å². The molecule has 4 N–H and O–H groups in total. The van der Waals surface area contributed by atoms with Crippen LogP contribution in [0.4, 0.5) is 0 Å². The normalized spacial score (nSPS) is 12.4. The molecule has 0 heterocycles. The summed E-state index contributed by atoms with van der Waals surface area (Å²) in [7, 11) is 0. The number of carbonyl (C=O) groups excluding carboxylic acids is 2. The molecule has 6 heteroatoms. The topological polar surface area (TPSA) is 84.2 Å². The lowest BCUT2D eigenvalue weighted by molar-refractivity contribution is -0.123. The number of amides is 2. The Morgan fingerprint density at radius 1 is 1.00 bits per heavy atom. The zero-order valence-electron chi connectivity index (χ0n) is 14.1. The summed E-state index contributed by atoms with van der Waals surface area (Å²) in [6.45, 7) is 2.92. The molecule has 0 saturated heterocycles. The van der Waals surface area contributed by atoms with Crippen molar-refractivity contribution in [3.8, 4) is 0 Å². The third-order valence-corrected chi connectivity index (χ3v) is 3.73. The van der Waals surface area contributed by atoms with Crippen LogP contribution in [0.2, 0.25) is 0 Å². The van der Waals surface area contributed by atoms with Gasteiger partial charge in [0.05, 0.1) is 0 Å². The van der Waals surface area contributed by atoms with Gasteiger partial charge in [-0.2, -0.15) is 0 Å². The van der Waals surface area contributed by atoms with E-state index in [1.165, 1.54) is 0 Å². The molecule has 0 aliphatic carbocycles. The summed E-state index contributed by atoms with van der Waals surface area (Å²) in [6.07, 6.45) is 0. The highest BCUT2D eigenvalue weighted by Crippen LogP contribution is 2.14. The molecular weight excluding hydrogens is 338 g/mol. The fourth-order valence-corrected chi connectivity index (χ4v) is 2.21. The average Bonchev–Trinajstić information content (AvgIpc) is 2.65. The minimum Gasteiger partial charge on any atom is -0.354 e. The quantitative estimate of drug-likeness (QED) is 0.707. The highest BCUT2D eigenvalue weighted by atomic mass is 35.5. The predicted octanol–water partition coefficient (Wildman–Crippen LogP) is 2.29. The number of nitrogens with two attached hydrogens (primary N) is 1. The maximum absolute atomic E-state index is 12.6. The standard InChI is InChI=1S/C19H23N3O2.ClH/c1-14(12-20)13-21-19(24)17(15-8-4-2-5-9-15)22-18(23)16-10-6-3-7-11-16;/h2-11,14,17H,12-13,20H2,1H3,(H,21,24)(H,22,23);1H. The highest BCUT2D eigenvalue weighted by molar-refractivity contribution is 5.97. The maximum Gasteiger partial charge on any atom is 0.252 e. The summed E-state index contributed by atoms with van der Waals surface area (Å²) in [5, 5.41) is 5.66. The van der Waals surface area contributed by atoms with Crippen LogP contribution >= 0.6 is 12.4 Å². The molecule has 2 unspecified atom stereocenters. The van der Waals surface area contributed by atoms with Crippen molar-refractivity contribution in [3.63, 3.8) is 0 Å². The highest BCUT2D eigenvalue weighted by Gasteiger charge is 2.23. The second-order valence-corrected chi connectivity index (χ2v) is 5.77. The summed E-state index contributed by atoms with van der Waals surface area (Å²) in [4.78, 5) is 25.0.